The zero-order valence-electron chi connectivity index (χ0n) is 19.5. The van der Waals surface area contributed by atoms with Gasteiger partial charge in [-0.3, -0.25) is 0 Å². The number of aryl methyl sites for hydroxylation is 1. The Kier molecular flexibility index (Phi) is 6.93. The normalized spacial score (nSPS) is 12.0. The lowest BCUT2D eigenvalue weighted by atomic mass is 9.98. The van der Waals surface area contributed by atoms with Gasteiger partial charge in [-0.05, 0) is 56.8 Å². The highest BCUT2D eigenvalue weighted by Crippen LogP contribution is 2.35. The molecule has 0 aliphatic carbocycles. The third-order valence-electron chi connectivity index (χ3n) is 5.65. The van der Waals surface area contributed by atoms with Gasteiger partial charge in [0, 0.05) is 24.6 Å². The van der Waals surface area contributed by atoms with Crippen LogP contribution >= 0.6 is 0 Å². The highest BCUT2D eigenvalue weighted by Gasteiger charge is 2.33. The Morgan fingerprint density at radius 3 is 2.50 bits per heavy atom. The van der Waals surface area contributed by atoms with Crippen molar-refractivity contribution in [1.29, 1.82) is 0 Å². The summed E-state index contributed by atoms with van der Waals surface area (Å²) in [5.41, 5.74) is 3.67. The summed E-state index contributed by atoms with van der Waals surface area (Å²) in [4.78, 5) is 10.2. The molecule has 0 amide bonds. The van der Waals surface area contributed by atoms with E-state index in [1.807, 2.05) is 57.4 Å². The van der Waals surface area contributed by atoms with Crippen LogP contribution in [0.15, 0.2) is 60.7 Å². The number of rotatable bonds is 8. The summed E-state index contributed by atoms with van der Waals surface area (Å²) in [5.74, 6) is 1.29. The zero-order chi connectivity index (χ0) is 24.3. The van der Waals surface area contributed by atoms with Gasteiger partial charge in [-0.25, -0.2) is 4.98 Å². The second-order valence-electron chi connectivity index (χ2n) is 8.77. The van der Waals surface area contributed by atoms with E-state index in [4.69, 9.17) is 9.72 Å². The Labute approximate surface area is 197 Å². The molecule has 1 aromatic heterocycles. The summed E-state index contributed by atoms with van der Waals surface area (Å²) >= 11 is 0. The standard InChI is InChI=1S/C27H28F3N3O/c1-18-8-6-10-20(14-18)26-31-24-17-22(34-13-7-12-33(2)3)16-21(25(24)32-26)15-19-9-4-5-11-23(19)27(28,29)30/h4-6,8-11,14,16-17H,7,12-13,15H2,1-3H3,(H,31,32). The Hall–Kier alpha value is -3.32. The Bertz CT molecular complexity index is 1280. The molecular weight excluding hydrogens is 439 g/mol. The molecule has 0 spiro atoms. The van der Waals surface area contributed by atoms with Crippen molar-refractivity contribution in [3.05, 3.63) is 82.9 Å². The molecule has 0 aliphatic heterocycles. The number of halogens is 3. The Morgan fingerprint density at radius 2 is 1.76 bits per heavy atom. The van der Waals surface area contributed by atoms with Gasteiger partial charge in [0.25, 0.3) is 0 Å². The highest BCUT2D eigenvalue weighted by atomic mass is 19.4. The van der Waals surface area contributed by atoms with Gasteiger partial charge in [0.2, 0.25) is 0 Å². The van der Waals surface area contributed by atoms with Crippen molar-refractivity contribution in [2.24, 2.45) is 0 Å². The fraction of sp³-hybridized carbons (Fsp3) is 0.296. The Balaban J connectivity index is 1.75. The molecule has 178 valence electrons. The quantitative estimate of drug-likeness (QED) is 0.302. The molecule has 1 N–H and O–H groups in total. The number of fused-ring (bicyclic) bond motifs is 1. The molecule has 0 aliphatic rings. The van der Waals surface area contributed by atoms with E-state index in [1.165, 1.54) is 12.1 Å². The van der Waals surface area contributed by atoms with Crippen LogP contribution in [0.2, 0.25) is 0 Å². The largest absolute Gasteiger partial charge is 0.493 e. The molecule has 3 aromatic carbocycles. The first-order valence-corrected chi connectivity index (χ1v) is 11.2. The summed E-state index contributed by atoms with van der Waals surface area (Å²) < 4.78 is 46.9. The molecule has 0 saturated heterocycles. The number of ether oxygens (including phenoxy) is 1. The van der Waals surface area contributed by atoms with Crippen molar-refractivity contribution in [1.82, 2.24) is 14.9 Å². The molecule has 1 heterocycles. The lowest BCUT2D eigenvalue weighted by molar-refractivity contribution is -0.138. The van der Waals surface area contributed by atoms with Crippen LogP contribution in [0.25, 0.3) is 22.4 Å². The average Bonchev–Trinajstić information content (AvgIpc) is 3.21. The van der Waals surface area contributed by atoms with Gasteiger partial charge in [0.1, 0.15) is 11.6 Å². The number of benzene rings is 3. The highest BCUT2D eigenvalue weighted by molar-refractivity contribution is 5.84. The number of hydrogen-bond acceptors (Lipinski definition) is 3. The molecule has 0 saturated carbocycles. The molecule has 4 nitrogen and oxygen atoms in total. The van der Waals surface area contributed by atoms with E-state index in [-0.39, 0.29) is 12.0 Å². The number of hydrogen-bond donors (Lipinski definition) is 1. The third kappa shape index (κ3) is 5.59. The number of nitrogens with one attached hydrogen (secondary N) is 1. The van der Waals surface area contributed by atoms with Crippen LogP contribution in [0, 0.1) is 6.92 Å². The van der Waals surface area contributed by atoms with Crippen molar-refractivity contribution in [3.8, 4) is 17.1 Å². The molecule has 0 bridgehead atoms. The zero-order valence-corrected chi connectivity index (χ0v) is 19.5. The van der Waals surface area contributed by atoms with Crippen molar-refractivity contribution in [3.63, 3.8) is 0 Å². The number of alkyl halides is 3. The predicted molar refractivity (Wildman–Crippen MR) is 129 cm³/mol. The number of imidazole rings is 1. The molecule has 0 unspecified atom stereocenters. The van der Waals surface area contributed by atoms with Crippen molar-refractivity contribution in [2.45, 2.75) is 25.9 Å². The first kappa shape index (κ1) is 23.8. The molecule has 0 atom stereocenters. The molecular formula is C27H28F3N3O. The van der Waals surface area contributed by atoms with Crippen LogP contribution in [0.1, 0.15) is 28.7 Å². The number of nitrogens with zero attached hydrogens (tertiary/aromatic N) is 2. The second-order valence-corrected chi connectivity index (χ2v) is 8.77. The maximum absolute atomic E-state index is 13.6. The van der Waals surface area contributed by atoms with Crippen molar-refractivity contribution in [2.75, 3.05) is 27.2 Å². The van der Waals surface area contributed by atoms with Crippen LogP contribution < -0.4 is 4.74 Å². The minimum Gasteiger partial charge on any atom is -0.493 e. The summed E-state index contributed by atoms with van der Waals surface area (Å²) in [7, 11) is 4.00. The minimum absolute atomic E-state index is 0.0964. The van der Waals surface area contributed by atoms with Crippen LogP contribution in [0.5, 0.6) is 5.75 Å². The van der Waals surface area contributed by atoms with Crippen molar-refractivity contribution >= 4 is 11.0 Å². The van der Waals surface area contributed by atoms with Crippen LogP contribution in [0.3, 0.4) is 0 Å². The minimum atomic E-state index is -4.42. The van der Waals surface area contributed by atoms with Gasteiger partial charge in [-0.15, -0.1) is 0 Å². The molecule has 34 heavy (non-hydrogen) atoms. The van der Waals surface area contributed by atoms with Gasteiger partial charge in [-0.1, -0.05) is 42.0 Å². The van der Waals surface area contributed by atoms with Crippen LogP contribution in [-0.2, 0) is 12.6 Å². The van der Waals surface area contributed by atoms with Crippen LogP contribution in [0.4, 0.5) is 13.2 Å². The van der Waals surface area contributed by atoms with Crippen LogP contribution in [-0.4, -0.2) is 42.1 Å². The van der Waals surface area contributed by atoms with E-state index < -0.39 is 11.7 Å². The summed E-state index contributed by atoms with van der Waals surface area (Å²) in [5, 5.41) is 0. The first-order chi connectivity index (χ1) is 16.2. The smallest absolute Gasteiger partial charge is 0.416 e. The summed E-state index contributed by atoms with van der Waals surface area (Å²) in [6.45, 7) is 3.40. The molecule has 4 rings (SSSR count). The molecule has 4 aromatic rings. The van der Waals surface area contributed by atoms with Gasteiger partial charge < -0.3 is 14.6 Å². The maximum Gasteiger partial charge on any atom is 0.416 e. The van der Waals surface area contributed by atoms with E-state index in [0.717, 1.165) is 35.7 Å². The lowest BCUT2D eigenvalue weighted by Gasteiger charge is -2.14. The second kappa shape index (κ2) is 9.89. The number of H-pyrrole nitrogens is 1. The molecule has 0 fully saturated rings. The molecule has 7 heteroatoms. The maximum atomic E-state index is 13.6. The number of aromatic amines is 1. The topological polar surface area (TPSA) is 41.1 Å². The predicted octanol–water partition coefficient (Wildman–Crippen LogP) is 6.48. The fourth-order valence-corrected chi connectivity index (χ4v) is 4.03. The van der Waals surface area contributed by atoms with Gasteiger partial charge in [0.15, 0.2) is 0 Å². The van der Waals surface area contributed by atoms with Gasteiger partial charge >= 0.3 is 6.18 Å². The third-order valence-corrected chi connectivity index (χ3v) is 5.65. The fourth-order valence-electron chi connectivity index (χ4n) is 4.03. The lowest BCUT2D eigenvalue weighted by Crippen LogP contribution is -2.15. The first-order valence-electron chi connectivity index (χ1n) is 11.2. The SMILES string of the molecule is Cc1cccc(-c2nc3c(Cc4ccccc4C(F)(F)F)cc(OCCCN(C)C)cc3[nH]2)c1. The van der Waals surface area contributed by atoms with Gasteiger partial charge in [-0.2, -0.15) is 13.2 Å². The van der Waals surface area contributed by atoms with E-state index >= 15 is 0 Å². The average molecular weight is 468 g/mol. The Morgan fingerprint density at radius 1 is 0.971 bits per heavy atom. The van der Waals surface area contributed by atoms with E-state index in [0.29, 0.717) is 29.3 Å². The molecule has 0 radical (unpaired) electrons. The van der Waals surface area contributed by atoms with E-state index in [9.17, 15) is 13.2 Å². The number of aromatic nitrogens is 2. The monoisotopic (exact) mass is 467 g/mol. The summed E-state index contributed by atoms with van der Waals surface area (Å²) in [6, 6.07) is 17.3. The van der Waals surface area contributed by atoms with E-state index in [2.05, 4.69) is 9.88 Å². The van der Waals surface area contributed by atoms with Crippen molar-refractivity contribution < 1.29 is 17.9 Å². The van der Waals surface area contributed by atoms with E-state index in [1.54, 1.807) is 6.07 Å². The van der Waals surface area contributed by atoms with Gasteiger partial charge in [0.05, 0.1) is 23.2 Å². The summed E-state index contributed by atoms with van der Waals surface area (Å²) in [6.07, 6.45) is -3.48.